The van der Waals surface area contributed by atoms with E-state index in [1.807, 2.05) is 0 Å². The van der Waals surface area contributed by atoms with Crippen LogP contribution in [0.15, 0.2) is 0 Å². The van der Waals surface area contributed by atoms with Gasteiger partial charge in [0.1, 0.15) is 0 Å². The molecule has 0 radical (unpaired) electrons. The van der Waals surface area contributed by atoms with Gasteiger partial charge in [-0.2, -0.15) is 0 Å². The molecule has 0 spiro atoms. The van der Waals surface area contributed by atoms with Gasteiger partial charge in [0, 0.05) is 0 Å². The first kappa shape index (κ1) is 25.0. The molecule has 0 unspecified atom stereocenters. The Labute approximate surface area is 118 Å². The largest absolute Gasteiger partial charge is 3.00 e. The summed E-state index contributed by atoms with van der Waals surface area (Å²) < 4.78 is 43.6. The van der Waals surface area contributed by atoms with E-state index in [-0.39, 0.29) is 36.2 Å². The number of rotatable bonds is 4. The second kappa shape index (κ2) is 15.0. The molecular formula is AlLiO10Si4. The second-order valence-electron chi connectivity index (χ2n) is 1.20. The fourth-order valence-corrected chi connectivity index (χ4v) is 1.22. The van der Waals surface area contributed by atoms with Crippen LogP contribution in [0.3, 0.4) is 0 Å². The first-order valence-electron chi connectivity index (χ1n) is 2.45. The average Bonchev–Trinajstić information content (AvgIpc) is 1.79. The summed E-state index contributed by atoms with van der Waals surface area (Å²) in [4.78, 5) is 37.1. The molecule has 0 aliphatic heterocycles. The van der Waals surface area contributed by atoms with Gasteiger partial charge in [-0.1, -0.05) is 0 Å². The Morgan fingerprint density at radius 2 is 0.750 bits per heavy atom. The molecule has 0 aliphatic rings. The Morgan fingerprint density at radius 1 is 0.625 bits per heavy atom. The number of hydrogen-bond donors (Lipinski definition) is 0. The Balaban J connectivity index is -0.0000000800. The minimum absolute atomic E-state index is 0. The average molecular weight is 306 g/mol. The predicted octanol–water partition coefficient (Wildman–Crippen LogP) is -10.3. The smallest absolute Gasteiger partial charge is 0.570 e. The molecule has 0 bridgehead atoms. The molecule has 16 heavy (non-hydrogen) atoms. The van der Waals surface area contributed by atoms with E-state index in [1.165, 1.54) is 0 Å². The summed E-state index contributed by atoms with van der Waals surface area (Å²) in [5.74, 6) is 0. The molecule has 0 heterocycles. The number of hydrogen-bond acceptors (Lipinski definition) is 10. The van der Waals surface area contributed by atoms with Crippen LogP contribution in [-0.4, -0.2) is 54.0 Å². The first-order chi connectivity index (χ1) is 6.25. The van der Waals surface area contributed by atoms with Crippen LogP contribution >= 0.6 is 0 Å². The van der Waals surface area contributed by atoms with E-state index in [1.54, 1.807) is 0 Å². The van der Waals surface area contributed by atoms with Gasteiger partial charge in [-0.25, -0.2) is 0 Å². The van der Waals surface area contributed by atoms with Crippen molar-refractivity contribution in [3.8, 4) is 0 Å². The van der Waals surface area contributed by atoms with Gasteiger partial charge in [0.05, 0.1) is 0 Å². The Bertz CT molecular complexity index is 201. The van der Waals surface area contributed by atoms with Crippen LogP contribution < -0.4 is 38.0 Å². The maximum atomic E-state index is 9.29. The van der Waals surface area contributed by atoms with E-state index in [9.17, 15) is 37.0 Å². The fourth-order valence-electron chi connectivity index (χ4n) is 0.136. The third-order valence-electron chi connectivity index (χ3n) is 0.333. The van der Waals surface area contributed by atoms with Gasteiger partial charge in [-0.3, -0.25) is 0 Å². The Hall–Kier alpha value is -0.00260. The molecule has 0 aromatic carbocycles. The van der Waals surface area contributed by atoms with Crippen molar-refractivity contribution in [1.82, 2.24) is 0 Å². The summed E-state index contributed by atoms with van der Waals surface area (Å²) in [6, 6.07) is 0. The third-order valence-corrected chi connectivity index (χ3v) is 3.00. The van der Waals surface area contributed by atoms with E-state index in [2.05, 4.69) is 8.23 Å². The molecule has 10 nitrogen and oxygen atoms in total. The maximum Gasteiger partial charge on any atom is 3.00 e. The van der Waals surface area contributed by atoms with Gasteiger partial charge in [-0.05, 0) is 0 Å². The maximum absolute atomic E-state index is 9.29. The summed E-state index contributed by atoms with van der Waals surface area (Å²) in [5, 5.41) is 0. The molecule has 0 saturated heterocycles. The molecule has 0 amide bonds. The van der Waals surface area contributed by atoms with Gasteiger partial charge >= 0.3 is 72.9 Å². The van der Waals surface area contributed by atoms with Crippen molar-refractivity contribution < 1.29 is 64.1 Å². The molecule has 0 aromatic heterocycles. The van der Waals surface area contributed by atoms with Crippen LogP contribution in [0.25, 0.3) is 0 Å². The Morgan fingerprint density at radius 3 is 0.750 bits per heavy atom. The topological polar surface area (TPSA) is 179 Å². The minimum atomic E-state index is -3.51. The molecule has 0 atom stereocenters. The van der Waals surface area contributed by atoms with Crippen LogP contribution in [-0.2, 0) is 26.1 Å². The quantitative estimate of drug-likeness (QED) is 0.452. The second-order valence-corrected chi connectivity index (χ2v) is 4.84. The van der Waals surface area contributed by atoms with Crippen molar-refractivity contribution in [3.05, 3.63) is 0 Å². The fraction of sp³-hybridized carbons (Fsp3) is 0. The van der Waals surface area contributed by atoms with Crippen LogP contribution in [0.2, 0.25) is 0 Å². The van der Waals surface area contributed by atoms with Crippen molar-refractivity contribution in [3.63, 3.8) is 0 Å². The van der Waals surface area contributed by atoms with Crippen molar-refractivity contribution in [2.75, 3.05) is 0 Å². The first-order valence-corrected chi connectivity index (χ1v) is 7.35. The van der Waals surface area contributed by atoms with E-state index in [4.69, 9.17) is 0 Å². The van der Waals surface area contributed by atoms with Crippen molar-refractivity contribution in [1.29, 1.82) is 0 Å². The van der Waals surface area contributed by atoms with Gasteiger partial charge in [0.15, 0.2) is 0 Å². The molecule has 0 aromatic rings. The molecule has 0 N–H and O–H groups in total. The Kier molecular flexibility index (Phi) is 23.4. The molecule has 0 rings (SSSR count). The van der Waals surface area contributed by atoms with Gasteiger partial charge in [0.2, 0.25) is 0 Å². The zero-order valence-electron chi connectivity index (χ0n) is 7.66. The molecular weight excluding hydrogens is 306 g/mol. The summed E-state index contributed by atoms with van der Waals surface area (Å²) >= 11 is 0. The third kappa shape index (κ3) is 37.0. The van der Waals surface area contributed by atoms with E-state index < -0.39 is 36.7 Å². The van der Waals surface area contributed by atoms with E-state index in [0.29, 0.717) is 0 Å². The zero-order chi connectivity index (χ0) is 11.7. The minimum Gasteiger partial charge on any atom is -0.570 e. The molecule has 0 aliphatic carbocycles. The standard InChI is InChI=1S/Al.Li.2O5Si2/c;;2*1-6(2)5-7(3)4/q+3;+1;2*-2. The van der Waals surface area contributed by atoms with Crippen LogP contribution in [0, 0.1) is 0 Å². The van der Waals surface area contributed by atoms with Gasteiger partial charge in [-0.15, -0.1) is 0 Å². The molecule has 16 heteroatoms. The van der Waals surface area contributed by atoms with Crippen molar-refractivity contribution >= 4 is 54.0 Å². The normalized spacial score (nSPS) is 6.50. The van der Waals surface area contributed by atoms with Crippen molar-refractivity contribution in [2.24, 2.45) is 0 Å². The summed E-state index contributed by atoms with van der Waals surface area (Å²) in [7, 11) is -14.1. The van der Waals surface area contributed by atoms with E-state index in [0.717, 1.165) is 0 Å². The van der Waals surface area contributed by atoms with Gasteiger partial charge < -0.3 is 45.3 Å². The zero-order valence-corrected chi connectivity index (χ0v) is 12.8. The van der Waals surface area contributed by atoms with Crippen LogP contribution in [0.5, 0.6) is 0 Å². The summed E-state index contributed by atoms with van der Waals surface area (Å²) in [6.45, 7) is 0. The summed E-state index contributed by atoms with van der Waals surface area (Å²) in [6.07, 6.45) is 0. The molecule has 0 saturated carbocycles. The van der Waals surface area contributed by atoms with Crippen LogP contribution in [0.4, 0.5) is 0 Å². The van der Waals surface area contributed by atoms with Crippen LogP contribution in [0.1, 0.15) is 0 Å². The predicted molar refractivity (Wildman–Crippen MR) is 33.7 cm³/mol. The summed E-state index contributed by atoms with van der Waals surface area (Å²) in [5.41, 5.74) is 0. The SMILES string of the molecule is O=[Si]([O-])O[Si](=O)[O-].O=[Si]([O-])O[Si](=O)[O-].[Al+3].[Li+]. The monoisotopic (exact) mass is 306 g/mol. The van der Waals surface area contributed by atoms with E-state index >= 15 is 0 Å². The van der Waals surface area contributed by atoms with Crippen molar-refractivity contribution in [2.45, 2.75) is 0 Å². The molecule has 80 valence electrons. The van der Waals surface area contributed by atoms with Gasteiger partial charge in [0.25, 0.3) is 0 Å². The molecule has 0 fully saturated rings.